The molecule has 0 saturated carbocycles. The first-order valence-electron chi connectivity index (χ1n) is 4.46. The zero-order valence-corrected chi connectivity index (χ0v) is 9.10. The summed E-state index contributed by atoms with van der Waals surface area (Å²) in [5.41, 5.74) is 1.81. The number of fused-ring (bicyclic) bond motifs is 3. The van der Waals surface area contributed by atoms with Crippen LogP contribution in [0, 0.1) is 0 Å². The second-order valence-corrected chi connectivity index (χ2v) is 4.24. The fraction of sp³-hybridized carbons (Fsp3) is 0. The van der Waals surface area contributed by atoms with E-state index in [-0.39, 0.29) is 0 Å². The minimum absolute atomic E-state index is 0.637. The highest BCUT2D eigenvalue weighted by atomic mass is 35.5. The number of benzene rings is 1. The fourth-order valence-corrected chi connectivity index (χ4v) is 2.06. The van der Waals surface area contributed by atoms with Crippen molar-refractivity contribution >= 4 is 45.1 Å². The van der Waals surface area contributed by atoms with Crippen LogP contribution in [0.2, 0.25) is 10.0 Å². The molecule has 4 heteroatoms. The lowest BCUT2D eigenvalue weighted by atomic mass is 10.2. The molecule has 3 aromatic rings. The van der Waals surface area contributed by atoms with Crippen molar-refractivity contribution in [1.82, 2.24) is 9.97 Å². The standard InChI is InChI=1S/C11H6Cl2N2/c12-6-1-2-8-9-3-7(13)5-14-11(9)15-10(8)4-6/h1-5H,(H,14,15). The zero-order valence-electron chi connectivity index (χ0n) is 7.59. The molecule has 3 rings (SSSR count). The number of pyridine rings is 1. The summed E-state index contributed by atoms with van der Waals surface area (Å²) in [4.78, 5) is 7.41. The van der Waals surface area contributed by atoms with Crippen molar-refractivity contribution < 1.29 is 0 Å². The Kier molecular flexibility index (Phi) is 1.87. The minimum Gasteiger partial charge on any atom is -0.339 e. The van der Waals surface area contributed by atoms with Gasteiger partial charge in [0.05, 0.1) is 5.02 Å². The molecule has 0 radical (unpaired) electrons. The average molecular weight is 237 g/mol. The molecule has 2 nitrogen and oxygen atoms in total. The number of nitrogens with one attached hydrogen (secondary N) is 1. The first kappa shape index (κ1) is 9.01. The molecule has 0 atom stereocenters. The highest BCUT2D eigenvalue weighted by molar-refractivity contribution is 6.32. The molecule has 0 aliphatic heterocycles. The maximum atomic E-state index is 5.91. The van der Waals surface area contributed by atoms with Crippen LogP contribution in [0.1, 0.15) is 0 Å². The maximum absolute atomic E-state index is 5.91. The van der Waals surface area contributed by atoms with Gasteiger partial charge in [0, 0.05) is 27.5 Å². The van der Waals surface area contributed by atoms with Crippen molar-refractivity contribution in [1.29, 1.82) is 0 Å². The van der Waals surface area contributed by atoms with E-state index in [9.17, 15) is 0 Å². The summed E-state index contributed by atoms with van der Waals surface area (Å²) in [6, 6.07) is 7.61. The van der Waals surface area contributed by atoms with E-state index in [1.54, 1.807) is 6.20 Å². The Labute approximate surface area is 95.8 Å². The Morgan fingerprint density at radius 1 is 1.00 bits per heavy atom. The van der Waals surface area contributed by atoms with Crippen LogP contribution in [0.5, 0.6) is 0 Å². The number of hydrogen-bond acceptors (Lipinski definition) is 1. The molecule has 0 amide bonds. The van der Waals surface area contributed by atoms with Gasteiger partial charge in [-0.3, -0.25) is 0 Å². The van der Waals surface area contributed by atoms with Gasteiger partial charge in [-0.25, -0.2) is 4.98 Å². The van der Waals surface area contributed by atoms with Gasteiger partial charge in [0.1, 0.15) is 5.65 Å². The molecule has 0 unspecified atom stereocenters. The van der Waals surface area contributed by atoms with Gasteiger partial charge < -0.3 is 4.98 Å². The van der Waals surface area contributed by atoms with Crippen LogP contribution in [0.4, 0.5) is 0 Å². The van der Waals surface area contributed by atoms with Gasteiger partial charge in [0.15, 0.2) is 0 Å². The van der Waals surface area contributed by atoms with Crippen molar-refractivity contribution in [2.75, 3.05) is 0 Å². The Morgan fingerprint density at radius 3 is 2.73 bits per heavy atom. The number of aromatic nitrogens is 2. The second kappa shape index (κ2) is 3.12. The van der Waals surface area contributed by atoms with Crippen molar-refractivity contribution in [3.63, 3.8) is 0 Å². The number of nitrogens with zero attached hydrogens (tertiary/aromatic N) is 1. The minimum atomic E-state index is 0.637. The highest BCUT2D eigenvalue weighted by Crippen LogP contribution is 2.27. The van der Waals surface area contributed by atoms with E-state index in [0.717, 1.165) is 21.9 Å². The molecule has 74 valence electrons. The Hall–Kier alpha value is -1.25. The molecule has 0 saturated heterocycles. The van der Waals surface area contributed by atoms with E-state index in [2.05, 4.69) is 9.97 Å². The van der Waals surface area contributed by atoms with Gasteiger partial charge in [-0.05, 0) is 18.2 Å². The Morgan fingerprint density at radius 2 is 1.87 bits per heavy atom. The smallest absolute Gasteiger partial charge is 0.138 e. The number of aromatic amines is 1. The molecule has 0 fully saturated rings. The third kappa shape index (κ3) is 1.37. The van der Waals surface area contributed by atoms with Crippen molar-refractivity contribution in [3.05, 3.63) is 40.5 Å². The molecular formula is C11H6Cl2N2. The van der Waals surface area contributed by atoms with Gasteiger partial charge in [0.2, 0.25) is 0 Å². The number of rotatable bonds is 0. The van der Waals surface area contributed by atoms with E-state index in [0.29, 0.717) is 10.0 Å². The number of halogens is 2. The lowest BCUT2D eigenvalue weighted by Gasteiger charge is -1.91. The molecule has 2 aromatic heterocycles. The SMILES string of the molecule is Clc1ccc2c(c1)[nH]c1ncc(Cl)cc12. The summed E-state index contributed by atoms with van der Waals surface area (Å²) in [6.45, 7) is 0. The van der Waals surface area contributed by atoms with Gasteiger partial charge in [-0.1, -0.05) is 29.3 Å². The number of H-pyrrole nitrogens is 1. The Balaban J connectivity index is 2.53. The summed E-state index contributed by atoms with van der Waals surface area (Å²) < 4.78 is 0. The molecular weight excluding hydrogens is 231 g/mol. The monoisotopic (exact) mass is 236 g/mol. The van der Waals surface area contributed by atoms with Crippen LogP contribution in [-0.2, 0) is 0 Å². The highest BCUT2D eigenvalue weighted by Gasteiger charge is 2.05. The summed E-state index contributed by atoms with van der Waals surface area (Å²) in [7, 11) is 0. The van der Waals surface area contributed by atoms with E-state index in [4.69, 9.17) is 23.2 Å². The quantitative estimate of drug-likeness (QED) is 0.628. The second-order valence-electron chi connectivity index (χ2n) is 3.36. The third-order valence-corrected chi connectivity index (χ3v) is 2.82. The van der Waals surface area contributed by atoms with E-state index < -0.39 is 0 Å². The summed E-state index contributed by atoms with van der Waals surface area (Å²) in [5, 5.41) is 3.46. The summed E-state index contributed by atoms with van der Waals surface area (Å²) in [5.74, 6) is 0. The molecule has 0 aliphatic rings. The van der Waals surface area contributed by atoms with Crippen LogP contribution in [0.15, 0.2) is 30.5 Å². The van der Waals surface area contributed by atoms with E-state index in [1.807, 2.05) is 24.3 Å². The molecule has 0 bridgehead atoms. The number of hydrogen-bond donors (Lipinski definition) is 1. The molecule has 0 spiro atoms. The van der Waals surface area contributed by atoms with Crippen LogP contribution in [0.3, 0.4) is 0 Å². The molecule has 2 heterocycles. The van der Waals surface area contributed by atoms with Gasteiger partial charge in [-0.15, -0.1) is 0 Å². The molecule has 1 aromatic carbocycles. The van der Waals surface area contributed by atoms with Crippen molar-refractivity contribution in [2.24, 2.45) is 0 Å². The summed E-state index contributed by atoms with van der Waals surface area (Å²) in [6.07, 6.45) is 1.63. The van der Waals surface area contributed by atoms with E-state index >= 15 is 0 Å². The Bertz CT molecular complexity index is 658. The van der Waals surface area contributed by atoms with Crippen LogP contribution in [0.25, 0.3) is 21.9 Å². The fourth-order valence-electron chi connectivity index (χ4n) is 1.73. The first-order chi connectivity index (χ1) is 7.24. The van der Waals surface area contributed by atoms with E-state index in [1.165, 1.54) is 0 Å². The topological polar surface area (TPSA) is 28.7 Å². The van der Waals surface area contributed by atoms with Crippen LogP contribution >= 0.6 is 23.2 Å². The van der Waals surface area contributed by atoms with Crippen molar-refractivity contribution in [2.45, 2.75) is 0 Å². The third-order valence-electron chi connectivity index (χ3n) is 2.38. The predicted molar refractivity (Wildman–Crippen MR) is 63.6 cm³/mol. The molecule has 15 heavy (non-hydrogen) atoms. The largest absolute Gasteiger partial charge is 0.339 e. The maximum Gasteiger partial charge on any atom is 0.138 e. The average Bonchev–Trinajstić information content (AvgIpc) is 2.54. The van der Waals surface area contributed by atoms with Crippen LogP contribution in [-0.4, -0.2) is 9.97 Å². The van der Waals surface area contributed by atoms with Crippen LogP contribution < -0.4 is 0 Å². The lowest BCUT2D eigenvalue weighted by molar-refractivity contribution is 1.35. The normalized spacial score (nSPS) is 11.3. The van der Waals surface area contributed by atoms with Crippen molar-refractivity contribution in [3.8, 4) is 0 Å². The van der Waals surface area contributed by atoms with Gasteiger partial charge >= 0.3 is 0 Å². The molecule has 1 N–H and O–H groups in total. The predicted octanol–water partition coefficient (Wildman–Crippen LogP) is 4.02. The summed E-state index contributed by atoms with van der Waals surface area (Å²) >= 11 is 11.8. The zero-order chi connectivity index (χ0) is 10.4. The lowest BCUT2D eigenvalue weighted by Crippen LogP contribution is -1.73. The molecule has 0 aliphatic carbocycles. The van der Waals surface area contributed by atoms with Gasteiger partial charge in [-0.2, -0.15) is 0 Å². The first-order valence-corrected chi connectivity index (χ1v) is 5.22. The van der Waals surface area contributed by atoms with Gasteiger partial charge in [0.25, 0.3) is 0 Å².